The van der Waals surface area contributed by atoms with Crippen molar-refractivity contribution < 1.29 is 4.79 Å². The Labute approximate surface area is 124 Å². The van der Waals surface area contributed by atoms with Crippen molar-refractivity contribution in [1.29, 1.82) is 0 Å². The Kier molecular flexibility index (Phi) is 5.42. The van der Waals surface area contributed by atoms with Crippen LogP contribution in [-0.4, -0.2) is 28.4 Å². The van der Waals surface area contributed by atoms with Crippen molar-refractivity contribution >= 4 is 5.91 Å². The molecular weight excluding hydrogens is 248 g/mol. The van der Waals surface area contributed by atoms with Crippen LogP contribution in [0.3, 0.4) is 0 Å². The minimum absolute atomic E-state index is 0.0854. The van der Waals surface area contributed by atoms with E-state index in [0.29, 0.717) is 0 Å². The summed E-state index contributed by atoms with van der Waals surface area (Å²) < 4.78 is 0. The summed E-state index contributed by atoms with van der Waals surface area (Å²) in [6.45, 7) is 16.0. The van der Waals surface area contributed by atoms with Gasteiger partial charge in [-0.3, -0.25) is 9.69 Å². The van der Waals surface area contributed by atoms with Gasteiger partial charge in [-0.05, 0) is 66.0 Å². The van der Waals surface area contributed by atoms with Crippen molar-refractivity contribution in [1.82, 2.24) is 10.2 Å². The minimum Gasteiger partial charge on any atom is -0.328 e. The van der Waals surface area contributed by atoms with Crippen LogP contribution < -0.4 is 5.32 Å². The quantitative estimate of drug-likeness (QED) is 0.829. The number of carbonyl (C=O) groups is 1. The van der Waals surface area contributed by atoms with Gasteiger partial charge in [0.1, 0.15) is 0 Å². The first-order valence-electron chi connectivity index (χ1n) is 7.99. The van der Waals surface area contributed by atoms with Crippen molar-refractivity contribution in [3.8, 4) is 0 Å². The maximum Gasteiger partial charge on any atom is 0.244 e. The van der Waals surface area contributed by atoms with Crippen LogP contribution in [0.2, 0.25) is 0 Å². The molecule has 0 saturated carbocycles. The van der Waals surface area contributed by atoms with E-state index in [-0.39, 0.29) is 11.4 Å². The zero-order chi connectivity index (χ0) is 15.6. The molecule has 1 aliphatic heterocycles. The summed E-state index contributed by atoms with van der Waals surface area (Å²) in [5.41, 5.74) is 1.87. The molecule has 0 saturated heterocycles. The average Bonchev–Trinajstić information content (AvgIpc) is 2.38. The average molecular weight is 280 g/mol. The van der Waals surface area contributed by atoms with E-state index in [2.05, 4.69) is 44.8 Å². The highest BCUT2D eigenvalue weighted by Gasteiger charge is 2.46. The number of hydrogen-bond donors (Lipinski definition) is 1. The third kappa shape index (κ3) is 3.08. The molecule has 0 aromatic carbocycles. The molecule has 0 aromatic rings. The molecule has 1 amide bonds. The molecule has 0 bridgehead atoms. The third-order valence-corrected chi connectivity index (χ3v) is 4.63. The van der Waals surface area contributed by atoms with Gasteiger partial charge >= 0.3 is 0 Å². The van der Waals surface area contributed by atoms with Gasteiger partial charge in [-0.25, -0.2) is 0 Å². The molecule has 3 nitrogen and oxygen atoms in total. The molecule has 0 unspecified atom stereocenters. The van der Waals surface area contributed by atoms with Gasteiger partial charge in [0.15, 0.2) is 0 Å². The number of amides is 1. The predicted octanol–water partition coefficient (Wildman–Crippen LogP) is 3.85. The van der Waals surface area contributed by atoms with E-state index in [4.69, 9.17) is 0 Å². The predicted molar refractivity (Wildman–Crippen MR) is 85.5 cm³/mol. The number of nitrogens with one attached hydrogen (secondary N) is 1. The minimum atomic E-state index is -0.477. The lowest BCUT2D eigenvalue weighted by Gasteiger charge is -2.47. The van der Waals surface area contributed by atoms with Crippen LogP contribution in [0.15, 0.2) is 11.3 Å². The second-order valence-corrected chi connectivity index (χ2v) is 6.93. The van der Waals surface area contributed by atoms with Gasteiger partial charge in [-0.2, -0.15) is 0 Å². The molecule has 0 fully saturated rings. The molecule has 0 radical (unpaired) electrons. The van der Waals surface area contributed by atoms with Crippen molar-refractivity contribution in [3.05, 3.63) is 11.3 Å². The molecule has 116 valence electrons. The molecule has 1 aliphatic rings. The first-order chi connectivity index (χ1) is 9.19. The number of nitrogens with zero attached hydrogens (tertiary/aromatic N) is 1. The molecule has 0 aliphatic carbocycles. The van der Waals surface area contributed by atoms with Crippen molar-refractivity contribution in [2.24, 2.45) is 0 Å². The van der Waals surface area contributed by atoms with E-state index in [0.717, 1.165) is 25.1 Å². The maximum atomic E-state index is 12.6. The molecule has 1 N–H and O–H groups in total. The summed E-state index contributed by atoms with van der Waals surface area (Å²) in [5, 5.41) is 3.13. The van der Waals surface area contributed by atoms with Crippen LogP contribution in [0.1, 0.15) is 74.1 Å². The number of unbranched alkanes of at least 4 members (excludes halogenated alkanes) is 1. The highest BCUT2D eigenvalue weighted by Crippen LogP contribution is 2.37. The van der Waals surface area contributed by atoms with E-state index in [1.165, 1.54) is 18.4 Å². The Morgan fingerprint density at radius 1 is 1.05 bits per heavy atom. The lowest BCUT2D eigenvalue weighted by atomic mass is 9.84. The lowest BCUT2D eigenvalue weighted by Crippen LogP contribution is -2.60. The van der Waals surface area contributed by atoms with Gasteiger partial charge in [0.05, 0.1) is 5.54 Å². The highest BCUT2D eigenvalue weighted by atomic mass is 16.2. The normalized spacial score (nSPS) is 22.6. The van der Waals surface area contributed by atoms with E-state index >= 15 is 0 Å². The molecule has 3 heteroatoms. The number of rotatable bonds is 5. The van der Waals surface area contributed by atoms with Crippen LogP contribution in [0.4, 0.5) is 0 Å². The van der Waals surface area contributed by atoms with Crippen molar-refractivity contribution in [2.45, 2.75) is 85.2 Å². The summed E-state index contributed by atoms with van der Waals surface area (Å²) in [6.07, 6.45) is 4.47. The van der Waals surface area contributed by atoms with E-state index in [1.807, 2.05) is 13.8 Å². The maximum absolute atomic E-state index is 12.6. The second-order valence-electron chi connectivity index (χ2n) is 6.93. The summed E-state index contributed by atoms with van der Waals surface area (Å²) in [7, 11) is 0. The SMILES string of the molecule is CCCCC1=C(C)NC(=O)C(C)(C)N(CCC)C1(C)C. The van der Waals surface area contributed by atoms with Gasteiger partial charge < -0.3 is 5.32 Å². The molecule has 20 heavy (non-hydrogen) atoms. The fourth-order valence-corrected chi connectivity index (χ4v) is 3.47. The number of hydrogen-bond acceptors (Lipinski definition) is 2. The lowest BCUT2D eigenvalue weighted by molar-refractivity contribution is -0.133. The largest absolute Gasteiger partial charge is 0.328 e. The Morgan fingerprint density at radius 3 is 2.15 bits per heavy atom. The summed E-state index contributed by atoms with van der Waals surface area (Å²) in [6, 6.07) is 0. The van der Waals surface area contributed by atoms with Crippen molar-refractivity contribution in [2.75, 3.05) is 6.54 Å². The molecular formula is C17H32N2O. The van der Waals surface area contributed by atoms with E-state index in [1.54, 1.807) is 0 Å². The van der Waals surface area contributed by atoms with Crippen LogP contribution in [-0.2, 0) is 4.79 Å². The monoisotopic (exact) mass is 280 g/mol. The molecule has 0 atom stereocenters. The molecule has 0 aromatic heterocycles. The van der Waals surface area contributed by atoms with Gasteiger partial charge in [-0.15, -0.1) is 0 Å². The van der Waals surface area contributed by atoms with Crippen molar-refractivity contribution in [3.63, 3.8) is 0 Å². The van der Waals surface area contributed by atoms with Crippen LogP contribution >= 0.6 is 0 Å². The Hall–Kier alpha value is -0.830. The third-order valence-electron chi connectivity index (χ3n) is 4.63. The topological polar surface area (TPSA) is 32.3 Å². The first-order valence-corrected chi connectivity index (χ1v) is 7.99. The standard InChI is InChI=1S/C17H32N2O/c1-8-10-11-14-13(3)18-15(20)17(6,7)19(12-9-2)16(14,4)5/h8-12H2,1-7H3,(H,18,20). The van der Waals surface area contributed by atoms with Crippen LogP contribution in [0, 0.1) is 0 Å². The summed E-state index contributed by atoms with van der Waals surface area (Å²) >= 11 is 0. The van der Waals surface area contributed by atoms with Gasteiger partial charge in [-0.1, -0.05) is 20.3 Å². The molecule has 1 heterocycles. The Balaban J connectivity index is 3.29. The first kappa shape index (κ1) is 17.2. The van der Waals surface area contributed by atoms with Crippen LogP contribution in [0.5, 0.6) is 0 Å². The Bertz CT molecular complexity index is 394. The fourth-order valence-electron chi connectivity index (χ4n) is 3.47. The number of carbonyl (C=O) groups excluding carboxylic acids is 1. The van der Waals surface area contributed by atoms with Crippen LogP contribution in [0.25, 0.3) is 0 Å². The molecule has 1 rings (SSSR count). The Morgan fingerprint density at radius 2 is 1.65 bits per heavy atom. The smallest absolute Gasteiger partial charge is 0.244 e. The zero-order valence-corrected chi connectivity index (χ0v) is 14.4. The highest BCUT2D eigenvalue weighted by molar-refractivity contribution is 5.87. The summed E-state index contributed by atoms with van der Waals surface area (Å²) in [5.74, 6) is 0.114. The van der Waals surface area contributed by atoms with E-state index in [9.17, 15) is 4.79 Å². The number of allylic oxidation sites excluding steroid dienone is 1. The summed E-state index contributed by atoms with van der Waals surface area (Å²) in [4.78, 5) is 14.9. The second kappa shape index (κ2) is 6.30. The molecule has 0 spiro atoms. The zero-order valence-electron chi connectivity index (χ0n) is 14.4. The van der Waals surface area contributed by atoms with Gasteiger partial charge in [0.25, 0.3) is 0 Å². The fraction of sp³-hybridized carbons (Fsp3) is 0.824. The van der Waals surface area contributed by atoms with Gasteiger partial charge in [0, 0.05) is 11.2 Å². The van der Waals surface area contributed by atoms with E-state index < -0.39 is 5.54 Å². The van der Waals surface area contributed by atoms with Gasteiger partial charge in [0.2, 0.25) is 5.91 Å².